The highest BCUT2D eigenvalue weighted by atomic mass is 16.2. The zero-order valence-corrected chi connectivity index (χ0v) is 11.3. The molecule has 0 aliphatic carbocycles. The van der Waals surface area contributed by atoms with Crippen molar-refractivity contribution in [3.8, 4) is 0 Å². The van der Waals surface area contributed by atoms with Crippen LogP contribution in [-0.4, -0.2) is 41.1 Å². The first kappa shape index (κ1) is 12.4. The van der Waals surface area contributed by atoms with Gasteiger partial charge in [-0.25, -0.2) is 9.78 Å². The second kappa shape index (κ2) is 4.81. The van der Waals surface area contributed by atoms with E-state index >= 15 is 0 Å². The molecule has 2 fully saturated rings. The summed E-state index contributed by atoms with van der Waals surface area (Å²) in [6.07, 6.45) is 4.98. The lowest BCUT2D eigenvalue weighted by Crippen LogP contribution is -2.50. The number of carbonyl (C=O) groups is 1. The molecule has 5 nitrogen and oxygen atoms in total. The van der Waals surface area contributed by atoms with Crippen LogP contribution < -0.4 is 10.6 Å². The lowest BCUT2D eigenvalue weighted by atomic mass is 9.95. The van der Waals surface area contributed by atoms with Gasteiger partial charge in [0.2, 0.25) is 0 Å². The lowest BCUT2D eigenvalue weighted by molar-refractivity contribution is 0.168. The van der Waals surface area contributed by atoms with Crippen LogP contribution in [0.5, 0.6) is 0 Å². The molecule has 1 aromatic rings. The molecule has 1 unspecified atom stereocenters. The van der Waals surface area contributed by atoms with Gasteiger partial charge in [-0.1, -0.05) is 0 Å². The number of hydrogen-bond acceptors (Lipinski definition) is 3. The van der Waals surface area contributed by atoms with Gasteiger partial charge in [-0.15, -0.1) is 0 Å². The maximum absolute atomic E-state index is 12.4. The molecule has 2 saturated heterocycles. The normalized spacial score (nSPS) is 26.1. The Morgan fingerprint density at radius 2 is 2.42 bits per heavy atom. The first-order valence-corrected chi connectivity index (χ1v) is 6.92. The third-order valence-electron chi connectivity index (χ3n) is 4.21. The SMILES string of the molecule is Cc1ccnc(NC(=O)N2CCCC23CCNC3)c1. The predicted molar refractivity (Wildman–Crippen MR) is 74.2 cm³/mol. The van der Waals surface area contributed by atoms with E-state index in [1.165, 1.54) is 0 Å². The van der Waals surface area contributed by atoms with Crippen LogP contribution in [0.3, 0.4) is 0 Å². The highest BCUT2D eigenvalue weighted by molar-refractivity contribution is 5.89. The van der Waals surface area contributed by atoms with Gasteiger partial charge in [0.15, 0.2) is 0 Å². The van der Waals surface area contributed by atoms with Crippen LogP contribution in [0.2, 0.25) is 0 Å². The van der Waals surface area contributed by atoms with Crippen LogP contribution in [0, 0.1) is 6.92 Å². The molecule has 102 valence electrons. The second-order valence-electron chi connectivity index (χ2n) is 5.55. The van der Waals surface area contributed by atoms with Crippen LogP contribution in [0.4, 0.5) is 10.6 Å². The molecule has 1 aromatic heterocycles. The molecular weight excluding hydrogens is 240 g/mol. The summed E-state index contributed by atoms with van der Waals surface area (Å²) in [5.74, 6) is 0.637. The number of urea groups is 1. The van der Waals surface area contributed by atoms with E-state index < -0.39 is 0 Å². The molecule has 3 heterocycles. The molecule has 0 saturated carbocycles. The Bertz CT molecular complexity index is 477. The summed E-state index contributed by atoms with van der Waals surface area (Å²) >= 11 is 0. The molecule has 0 radical (unpaired) electrons. The highest BCUT2D eigenvalue weighted by Crippen LogP contribution is 2.34. The topological polar surface area (TPSA) is 57.3 Å². The van der Waals surface area contributed by atoms with Gasteiger partial charge in [0, 0.05) is 19.3 Å². The number of carbonyl (C=O) groups excluding carboxylic acids is 1. The van der Waals surface area contributed by atoms with Gasteiger partial charge < -0.3 is 10.2 Å². The molecule has 3 rings (SSSR count). The number of nitrogens with one attached hydrogen (secondary N) is 2. The van der Waals surface area contributed by atoms with Crippen LogP contribution in [0.25, 0.3) is 0 Å². The average Bonchev–Trinajstić information content (AvgIpc) is 3.00. The summed E-state index contributed by atoms with van der Waals surface area (Å²) in [6.45, 7) is 4.77. The fourth-order valence-corrected chi connectivity index (χ4v) is 3.21. The molecular formula is C14H20N4O. The van der Waals surface area contributed by atoms with Crippen molar-refractivity contribution in [2.24, 2.45) is 0 Å². The standard InChI is InChI=1S/C14H20N4O/c1-11-3-6-16-12(9-11)17-13(19)18-8-2-4-14(18)5-7-15-10-14/h3,6,9,15H,2,4-5,7-8,10H2,1H3,(H,16,17,19). The summed E-state index contributed by atoms with van der Waals surface area (Å²) < 4.78 is 0. The van der Waals surface area contributed by atoms with Crippen molar-refractivity contribution < 1.29 is 4.79 Å². The first-order chi connectivity index (χ1) is 9.20. The summed E-state index contributed by atoms with van der Waals surface area (Å²) in [5, 5.41) is 6.30. The first-order valence-electron chi connectivity index (χ1n) is 6.92. The molecule has 5 heteroatoms. The number of pyridine rings is 1. The van der Waals surface area contributed by atoms with E-state index in [1.807, 2.05) is 24.0 Å². The number of rotatable bonds is 1. The van der Waals surface area contributed by atoms with E-state index in [9.17, 15) is 4.79 Å². The molecule has 0 aromatic carbocycles. The van der Waals surface area contributed by atoms with E-state index in [0.29, 0.717) is 5.82 Å². The van der Waals surface area contributed by atoms with Crippen LogP contribution >= 0.6 is 0 Å². The van der Waals surface area contributed by atoms with E-state index in [0.717, 1.165) is 44.5 Å². The molecule has 2 amide bonds. The minimum absolute atomic E-state index is 0.0145. The third-order valence-corrected chi connectivity index (χ3v) is 4.21. The Morgan fingerprint density at radius 1 is 1.53 bits per heavy atom. The van der Waals surface area contributed by atoms with E-state index in [1.54, 1.807) is 6.20 Å². The Labute approximate surface area is 113 Å². The number of nitrogens with zero attached hydrogens (tertiary/aromatic N) is 2. The number of likely N-dealkylation sites (tertiary alicyclic amines) is 1. The van der Waals surface area contributed by atoms with E-state index in [4.69, 9.17) is 0 Å². The van der Waals surface area contributed by atoms with E-state index in [-0.39, 0.29) is 11.6 Å². The lowest BCUT2D eigenvalue weighted by Gasteiger charge is -2.34. The third kappa shape index (κ3) is 2.30. The van der Waals surface area contributed by atoms with Crippen molar-refractivity contribution in [2.45, 2.75) is 31.7 Å². The molecule has 2 N–H and O–H groups in total. The summed E-state index contributed by atoms with van der Waals surface area (Å²) in [7, 11) is 0. The zero-order chi connectivity index (χ0) is 13.3. The molecule has 19 heavy (non-hydrogen) atoms. The monoisotopic (exact) mass is 260 g/mol. The predicted octanol–water partition coefficient (Wildman–Crippen LogP) is 1.75. The number of aryl methyl sites for hydroxylation is 1. The van der Waals surface area contributed by atoms with Gasteiger partial charge in [-0.2, -0.15) is 0 Å². The van der Waals surface area contributed by atoms with Crippen molar-refractivity contribution in [1.82, 2.24) is 15.2 Å². The Morgan fingerprint density at radius 3 is 3.16 bits per heavy atom. The van der Waals surface area contributed by atoms with Crippen molar-refractivity contribution in [2.75, 3.05) is 25.0 Å². The Balaban J connectivity index is 1.73. The van der Waals surface area contributed by atoms with Gasteiger partial charge >= 0.3 is 6.03 Å². The molecule has 1 atom stereocenters. The fraction of sp³-hybridized carbons (Fsp3) is 0.571. The van der Waals surface area contributed by atoms with Gasteiger partial charge in [0.25, 0.3) is 0 Å². The highest BCUT2D eigenvalue weighted by Gasteiger charge is 2.45. The van der Waals surface area contributed by atoms with Crippen LogP contribution in [0.1, 0.15) is 24.8 Å². The largest absolute Gasteiger partial charge is 0.323 e. The quantitative estimate of drug-likeness (QED) is 0.809. The Hall–Kier alpha value is -1.62. The van der Waals surface area contributed by atoms with Crippen LogP contribution in [-0.2, 0) is 0 Å². The maximum atomic E-state index is 12.4. The molecule has 0 bridgehead atoms. The number of anilines is 1. The smallest absolute Gasteiger partial charge is 0.317 e. The summed E-state index contributed by atoms with van der Waals surface area (Å²) in [5.41, 5.74) is 1.14. The number of aromatic nitrogens is 1. The second-order valence-corrected chi connectivity index (χ2v) is 5.55. The minimum Gasteiger partial charge on any atom is -0.317 e. The van der Waals surface area contributed by atoms with Crippen molar-refractivity contribution in [3.63, 3.8) is 0 Å². The summed E-state index contributed by atoms with van der Waals surface area (Å²) in [4.78, 5) is 18.6. The van der Waals surface area contributed by atoms with Gasteiger partial charge in [0.1, 0.15) is 5.82 Å². The van der Waals surface area contributed by atoms with Gasteiger partial charge in [-0.05, 0) is 50.4 Å². The molecule has 2 aliphatic heterocycles. The summed E-state index contributed by atoms with van der Waals surface area (Å²) in [6, 6.07) is 3.81. The van der Waals surface area contributed by atoms with Crippen molar-refractivity contribution in [3.05, 3.63) is 23.9 Å². The van der Waals surface area contributed by atoms with Crippen molar-refractivity contribution >= 4 is 11.8 Å². The van der Waals surface area contributed by atoms with Crippen molar-refractivity contribution in [1.29, 1.82) is 0 Å². The fourth-order valence-electron chi connectivity index (χ4n) is 3.21. The zero-order valence-electron chi connectivity index (χ0n) is 11.3. The maximum Gasteiger partial charge on any atom is 0.323 e. The van der Waals surface area contributed by atoms with Crippen LogP contribution in [0.15, 0.2) is 18.3 Å². The van der Waals surface area contributed by atoms with Gasteiger partial charge in [0.05, 0.1) is 5.54 Å². The number of amides is 2. The van der Waals surface area contributed by atoms with E-state index in [2.05, 4.69) is 15.6 Å². The van der Waals surface area contributed by atoms with Gasteiger partial charge in [-0.3, -0.25) is 5.32 Å². The molecule has 2 aliphatic rings. The average molecular weight is 260 g/mol. The minimum atomic E-state index is -0.0145. The molecule has 1 spiro atoms. The Kier molecular flexibility index (Phi) is 3.14. The number of hydrogen-bond donors (Lipinski definition) is 2.